The van der Waals surface area contributed by atoms with Crippen LogP contribution in [-0.2, 0) is 6.18 Å². The van der Waals surface area contributed by atoms with Crippen LogP contribution in [-0.4, -0.2) is 38.6 Å². The van der Waals surface area contributed by atoms with Crippen LogP contribution in [0.25, 0.3) is 0 Å². The number of alkyl halides is 3. The molecule has 0 fully saturated rings. The van der Waals surface area contributed by atoms with E-state index < -0.39 is 24.7 Å². The van der Waals surface area contributed by atoms with Crippen LogP contribution in [0.2, 0.25) is 5.15 Å². The SMILES string of the molecule is OCC(O)CSc1cc(Cl)nc(C(F)(F)F)n1. The first kappa shape index (κ1) is 14.5. The number of aliphatic hydroxyl groups is 2. The lowest BCUT2D eigenvalue weighted by atomic mass is 10.4. The van der Waals surface area contributed by atoms with Gasteiger partial charge in [-0.15, -0.1) is 11.8 Å². The smallest absolute Gasteiger partial charge is 0.394 e. The first-order valence-electron chi connectivity index (χ1n) is 4.36. The van der Waals surface area contributed by atoms with Crippen molar-refractivity contribution in [1.82, 2.24) is 9.97 Å². The fourth-order valence-electron chi connectivity index (χ4n) is 0.832. The second-order valence-corrected chi connectivity index (χ2v) is 4.43. The predicted octanol–water partition coefficient (Wildman–Crippen LogP) is 1.59. The summed E-state index contributed by atoms with van der Waals surface area (Å²) in [6, 6.07) is 1.16. The van der Waals surface area contributed by atoms with Gasteiger partial charge in [-0.2, -0.15) is 13.2 Å². The van der Waals surface area contributed by atoms with Gasteiger partial charge in [-0.05, 0) is 0 Å². The van der Waals surface area contributed by atoms with E-state index in [0.29, 0.717) is 0 Å². The molecule has 96 valence electrons. The molecule has 1 heterocycles. The van der Waals surface area contributed by atoms with Crippen molar-refractivity contribution in [2.75, 3.05) is 12.4 Å². The Bertz CT molecular complexity index is 392. The van der Waals surface area contributed by atoms with Gasteiger partial charge in [0.25, 0.3) is 0 Å². The van der Waals surface area contributed by atoms with Crippen molar-refractivity contribution < 1.29 is 23.4 Å². The first-order chi connectivity index (χ1) is 7.82. The monoisotopic (exact) mass is 288 g/mol. The summed E-state index contributed by atoms with van der Waals surface area (Å²) >= 11 is 6.28. The lowest BCUT2D eigenvalue weighted by Crippen LogP contribution is -2.15. The zero-order chi connectivity index (χ0) is 13.1. The number of nitrogens with zero attached hydrogens (tertiary/aromatic N) is 2. The summed E-state index contributed by atoms with van der Waals surface area (Å²) in [5.74, 6) is -1.31. The molecular weight excluding hydrogens is 281 g/mol. The van der Waals surface area contributed by atoms with E-state index in [1.807, 2.05) is 0 Å². The maximum atomic E-state index is 12.3. The van der Waals surface area contributed by atoms with E-state index in [0.717, 1.165) is 17.8 Å². The van der Waals surface area contributed by atoms with Gasteiger partial charge >= 0.3 is 6.18 Å². The number of aromatic nitrogens is 2. The van der Waals surface area contributed by atoms with Crippen molar-refractivity contribution in [2.24, 2.45) is 0 Å². The highest BCUT2D eigenvalue weighted by Crippen LogP contribution is 2.29. The molecule has 1 atom stereocenters. The zero-order valence-corrected chi connectivity index (χ0v) is 9.85. The molecule has 2 N–H and O–H groups in total. The van der Waals surface area contributed by atoms with E-state index in [4.69, 9.17) is 21.8 Å². The van der Waals surface area contributed by atoms with Gasteiger partial charge in [-0.1, -0.05) is 11.6 Å². The maximum absolute atomic E-state index is 12.3. The Balaban J connectivity index is 2.83. The molecule has 0 aliphatic heterocycles. The summed E-state index contributed by atoms with van der Waals surface area (Å²) in [5.41, 5.74) is 0. The summed E-state index contributed by atoms with van der Waals surface area (Å²) in [6.45, 7) is -0.474. The second kappa shape index (κ2) is 5.85. The molecule has 0 spiro atoms. The summed E-state index contributed by atoms with van der Waals surface area (Å²) in [5, 5.41) is 17.3. The minimum atomic E-state index is -4.67. The average molecular weight is 289 g/mol. The number of thioether (sulfide) groups is 1. The van der Waals surface area contributed by atoms with E-state index in [-0.39, 0.29) is 15.9 Å². The Kier molecular flexibility index (Phi) is 4.99. The highest BCUT2D eigenvalue weighted by atomic mass is 35.5. The summed E-state index contributed by atoms with van der Waals surface area (Å²) in [4.78, 5) is 6.32. The minimum absolute atomic E-state index is 0.00942. The molecule has 0 radical (unpaired) electrons. The van der Waals surface area contributed by atoms with Crippen molar-refractivity contribution in [3.05, 3.63) is 17.0 Å². The fourth-order valence-corrected chi connectivity index (χ4v) is 1.89. The molecule has 1 unspecified atom stereocenters. The molecule has 0 aromatic carbocycles. The van der Waals surface area contributed by atoms with Gasteiger partial charge < -0.3 is 10.2 Å². The molecule has 0 saturated carbocycles. The van der Waals surface area contributed by atoms with Crippen LogP contribution in [0.15, 0.2) is 11.1 Å². The minimum Gasteiger partial charge on any atom is -0.394 e. The van der Waals surface area contributed by atoms with Gasteiger partial charge in [-0.3, -0.25) is 0 Å². The van der Waals surface area contributed by atoms with E-state index in [2.05, 4.69) is 9.97 Å². The largest absolute Gasteiger partial charge is 0.451 e. The zero-order valence-electron chi connectivity index (χ0n) is 8.28. The second-order valence-electron chi connectivity index (χ2n) is 3.00. The molecule has 9 heteroatoms. The van der Waals surface area contributed by atoms with Gasteiger partial charge in [0.2, 0.25) is 5.82 Å². The van der Waals surface area contributed by atoms with Crippen molar-refractivity contribution in [1.29, 1.82) is 0 Å². The molecule has 0 saturated heterocycles. The standard InChI is InChI=1S/C8H8ClF3N2O2S/c9-5-1-6(17-3-4(16)2-15)14-7(13-5)8(10,11)12/h1,4,15-16H,2-3H2. The molecule has 1 rings (SSSR count). The summed E-state index contributed by atoms with van der Waals surface area (Å²) < 4.78 is 37.0. The van der Waals surface area contributed by atoms with Crippen LogP contribution in [0.3, 0.4) is 0 Å². The van der Waals surface area contributed by atoms with Gasteiger partial charge in [0, 0.05) is 11.8 Å². The van der Waals surface area contributed by atoms with Gasteiger partial charge in [-0.25, -0.2) is 9.97 Å². The molecule has 0 aliphatic carbocycles. The van der Waals surface area contributed by atoms with Gasteiger partial charge in [0.1, 0.15) is 10.2 Å². The fraction of sp³-hybridized carbons (Fsp3) is 0.500. The highest BCUT2D eigenvalue weighted by molar-refractivity contribution is 7.99. The van der Waals surface area contributed by atoms with Crippen LogP contribution in [0.1, 0.15) is 5.82 Å². The molecular formula is C8H8ClF3N2O2S. The van der Waals surface area contributed by atoms with Crippen molar-refractivity contribution in [3.63, 3.8) is 0 Å². The number of aliphatic hydroxyl groups excluding tert-OH is 2. The Labute approximate surface area is 104 Å². The van der Waals surface area contributed by atoms with E-state index in [9.17, 15) is 13.2 Å². The third kappa shape index (κ3) is 4.66. The maximum Gasteiger partial charge on any atom is 0.451 e. The van der Waals surface area contributed by atoms with Crippen molar-refractivity contribution in [2.45, 2.75) is 17.3 Å². The molecule has 1 aromatic heterocycles. The molecule has 0 aliphatic rings. The van der Waals surface area contributed by atoms with Crippen LogP contribution in [0.4, 0.5) is 13.2 Å². The first-order valence-corrected chi connectivity index (χ1v) is 5.72. The van der Waals surface area contributed by atoms with E-state index in [1.165, 1.54) is 0 Å². The number of hydrogen-bond acceptors (Lipinski definition) is 5. The number of hydrogen-bond donors (Lipinski definition) is 2. The molecule has 0 amide bonds. The van der Waals surface area contributed by atoms with Crippen LogP contribution in [0.5, 0.6) is 0 Å². The molecule has 4 nitrogen and oxygen atoms in total. The third-order valence-electron chi connectivity index (χ3n) is 1.56. The van der Waals surface area contributed by atoms with Crippen molar-refractivity contribution >= 4 is 23.4 Å². The lowest BCUT2D eigenvalue weighted by Gasteiger charge is -2.09. The topological polar surface area (TPSA) is 66.2 Å². The number of rotatable bonds is 4. The average Bonchev–Trinajstić information content (AvgIpc) is 2.24. The third-order valence-corrected chi connectivity index (χ3v) is 2.81. The normalized spacial score (nSPS) is 13.8. The van der Waals surface area contributed by atoms with Crippen LogP contribution >= 0.6 is 23.4 Å². The van der Waals surface area contributed by atoms with E-state index >= 15 is 0 Å². The van der Waals surface area contributed by atoms with Gasteiger partial charge in [0.05, 0.1) is 12.7 Å². The predicted molar refractivity (Wildman–Crippen MR) is 55.9 cm³/mol. The van der Waals surface area contributed by atoms with Crippen molar-refractivity contribution in [3.8, 4) is 0 Å². The molecule has 17 heavy (non-hydrogen) atoms. The lowest BCUT2D eigenvalue weighted by molar-refractivity contribution is -0.145. The Morgan fingerprint density at radius 2 is 2.06 bits per heavy atom. The highest BCUT2D eigenvalue weighted by Gasteiger charge is 2.35. The summed E-state index contributed by atoms with van der Waals surface area (Å²) in [7, 11) is 0. The molecule has 0 bridgehead atoms. The van der Waals surface area contributed by atoms with Gasteiger partial charge in [0.15, 0.2) is 0 Å². The Morgan fingerprint density at radius 1 is 1.41 bits per heavy atom. The quantitative estimate of drug-likeness (QED) is 0.651. The molecule has 1 aromatic rings. The summed E-state index contributed by atoms with van der Waals surface area (Å²) in [6.07, 6.45) is -5.70. The Hall–Kier alpha value is -0.570. The Morgan fingerprint density at radius 3 is 2.59 bits per heavy atom. The number of halogens is 4. The van der Waals surface area contributed by atoms with Crippen LogP contribution < -0.4 is 0 Å². The van der Waals surface area contributed by atoms with E-state index in [1.54, 1.807) is 0 Å². The van der Waals surface area contributed by atoms with Crippen LogP contribution in [0, 0.1) is 0 Å².